The Balaban J connectivity index is 2.44. The summed E-state index contributed by atoms with van der Waals surface area (Å²) < 4.78 is 36.7. The summed E-state index contributed by atoms with van der Waals surface area (Å²) in [5.41, 5.74) is 5.01. The lowest BCUT2D eigenvalue weighted by Crippen LogP contribution is -2.17. The van der Waals surface area contributed by atoms with Gasteiger partial charge in [-0.1, -0.05) is 0 Å². The number of nitrogens with two attached hydrogens (primary N) is 1. The van der Waals surface area contributed by atoms with Crippen molar-refractivity contribution in [3.8, 4) is 0 Å². The van der Waals surface area contributed by atoms with Gasteiger partial charge in [0.05, 0.1) is 11.3 Å². The molecular weight excluding hydrogens is 211 g/mol. The maximum absolute atomic E-state index is 12.3. The van der Waals surface area contributed by atoms with Crippen molar-refractivity contribution in [3.63, 3.8) is 0 Å². The SMILES string of the molecule is NC(=O)c1cn(C(F)(F)F)nc1C1CC1. The molecule has 1 aliphatic carbocycles. The van der Waals surface area contributed by atoms with E-state index in [-0.39, 0.29) is 21.9 Å². The summed E-state index contributed by atoms with van der Waals surface area (Å²) in [5.74, 6) is -0.913. The van der Waals surface area contributed by atoms with Crippen LogP contribution in [0.15, 0.2) is 6.20 Å². The largest absolute Gasteiger partial charge is 0.504 e. The summed E-state index contributed by atoms with van der Waals surface area (Å²) in [6.45, 7) is 0. The first-order chi connectivity index (χ1) is 6.89. The lowest BCUT2D eigenvalue weighted by Gasteiger charge is -2.03. The van der Waals surface area contributed by atoms with Gasteiger partial charge in [0.15, 0.2) is 0 Å². The van der Waals surface area contributed by atoms with Gasteiger partial charge >= 0.3 is 6.30 Å². The van der Waals surface area contributed by atoms with Crippen LogP contribution in [0.5, 0.6) is 0 Å². The summed E-state index contributed by atoms with van der Waals surface area (Å²) in [4.78, 5) is 10.9. The average molecular weight is 219 g/mol. The first kappa shape index (κ1) is 10.0. The van der Waals surface area contributed by atoms with E-state index in [2.05, 4.69) is 5.10 Å². The monoisotopic (exact) mass is 219 g/mol. The Labute approximate surface area is 82.9 Å². The Hall–Kier alpha value is -1.53. The van der Waals surface area contributed by atoms with Crippen molar-refractivity contribution in [2.75, 3.05) is 0 Å². The minimum absolute atomic E-state index is 0.0453. The summed E-state index contributed by atoms with van der Waals surface area (Å²) in [6, 6.07) is 0. The zero-order valence-electron chi connectivity index (χ0n) is 7.58. The maximum atomic E-state index is 12.3. The molecular formula is C8H8F3N3O. The highest BCUT2D eigenvalue weighted by atomic mass is 19.4. The quantitative estimate of drug-likeness (QED) is 0.815. The number of alkyl halides is 3. The fraction of sp³-hybridized carbons (Fsp3) is 0.500. The molecule has 4 nitrogen and oxygen atoms in total. The zero-order valence-corrected chi connectivity index (χ0v) is 7.58. The Bertz CT molecular complexity index is 406. The van der Waals surface area contributed by atoms with Crippen LogP contribution in [-0.4, -0.2) is 15.7 Å². The van der Waals surface area contributed by atoms with Crippen LogP contribution >= 0.6 is 0 Å². The van der Waals surface area contributed by atoms with E-state index >= 15 is 0 Å². The van der Waals surface area contributed by atoms with Gasteiger partial charge < -0.3 is 5.73 Å². The Morgan fingerprint density at radius 2 is 2.13 bits per heavy atom. The molecule has 0 radical (unpaired) electrons. The number of primary amides is 1. The van der Waals surface area contributed by atoms with Gasteiger partial charge in [0, 0.05) is 12.1 Å². The number of amides is 1. The van der Waals surface area contributed by atoms with Gasteiger partial charge in [-0.2, -0.15) is 9.78 Å². The number of carbonyl (C=O) groups is 1. The second-order valence-corrected chi connectivity index (χ2v) is 3.48. The number of hydrogen-bond acceptors (Lipinski definition) is 2. The second kappa shape index (κ2) is 2.98. The zero-order chi connectivity index (χ0) is 11.2. The molecule has 1 saturated carbocycles. The van der Waals surface area contributed by atoms with Crippen molar-refractivity contribution >= 4 is 5.91 Å². The third-order valence-corrected chi connectivity index (χ3v) is 2.23. The molecule has 1 heterocycles. The van der Waals surface area contributed by atoms with Crippen molar-refractivity contribution in [1.29, 1.82) is 0 Å². The molecule has 1 fully saturated rings. The lowest BCUT2D eigenvalue weighted by atomic mass is 10.2. The van der Waals surface area contributed by atoms with E-state index < -0.39 is 12.2 Å². The average Bonchev–Trinajstić information content (AvgIpc) is 2.81. The van der Waals surface area contributed by atoms with Crippen molar-refractivity contribution < 1.29 is 18.0 Å². The van der Waals surface area contributed by atoms with Gasteiger partial charge in [0.25, 0.3) is 5.91 Å². The third kappa shape index (κ3) is 1.81. The van der Waals surface area contributed by atoms with E-state index in [1.165, 1.54) is 0 Å². The van der Waals surface area contributed by atoms with Crippen molar-refractivity contribution in [2.45, 2.75) is 25.1 Å². The van der Waals surface area contributed by atoms with Crippen LogP contribution in [0.3, 0.4) is 0 Å². The van der Waals surface area contributed by atoms with Gasteiger partial charge in [0.2, 0.25) is 0 Å². The molecule has 0 saturated heterocycles. The van der Waals surface area contributed by atoms with Crippen LogP contribution in [0.25, 0.3) is 0 Å². The molecule has 2 rings (SSSR count). The van der Waals surface area contributed by atoms with Crippen LogP contribution < -0.4 is 5.73 Å². The predicted octanol–water partition coefficient (Wildman–Crippen LogP) is 1.34. The van der Waals surface area contributed by atoms with Crippen LogP contribution in [-0.2, 0) is 6.30 Å². The lowest BCUT2D eigenvalue weighted by molar-refractivity contribution is -0.212. The van der Waals surface area contributed by atoms with E-state index in [1.54, 1.807) is 0 Å². The second-order valence-electron chi connectivity index (χ2n) is 3.48. The Morgan fingerprint density at radius 1 is 1.53 bits per heavy atom. The summed E-state index contributed by atoms with van der Waals surface area (Å²) in [5, 5.41) is 3.36. The summed E-state index contributed by atoms with van der Waals surface area (Å²) in [6.07, 6.45) is -2.43. The minimum atomic E-state index is -4.60. The maximum Gasteiger partial charge on any atom is 0.504 e. The summed E-state index contributed by atoms with van der Waals surface area (Å²) in [7, 11) is 0. The first-order valence-electron chi connectivity index (χ1n) is 4.36. The van der Waals surface area contributed by atoms with Crippen LogP contribution in [0.1, 0.15) is 34.8 Å². The Kier molecular flexibility index (Phi) is 1.99. The van der Waals surface area contributed by atoms with Gasteiger partial charge in [-0.05, 0) is 12.8 Å². The molecule has 0 spiro atoms. The number of halogens is 3. The fourth-order valence-corrected chi connectivity index (χ4v) is 1.37. The van der Waals surface area contributed by atoms with Crippen LogP contribution in [0.2, 0.25) is 0 Å². The van der Waals surface area contributed by atoms with E-state index in [0.29, 0.717) is 6.20 Å². The highest BCUT2D eigenvalue weighted by molar-refractivity contribution is 5.94. The fourth-order valence-electron chi connectivity index (χ4n) is 1.37. The molecule has 0 bridgehead atoms. The topological polar surface area (TPSA) is 60.9 Å². The van der Waals surface area contributed by atoms with Crippen LogP contribution in [0.4, 0.5) is 13.2 Å². The normalized spacial score (nSPS) is 16.7. The van der Waals surface area contributed by atoms with Crippen molar-refractivity contribution in [2.24, 2.45) is 5.73 Å². The molecule has 1 amide bonds. The van der Waals surface area contributed by atoms with E-state index in [4.69, 9.17) is 5.73 Å². The van der Waals surface area contributed by atoms with Crippen LogP contribution in [0, 0.1) is 0 Å². The van der Waals surface area contributed by atoms with Gasteiger partial charge in [-0.3, -0.25) is 4.79 Å². The number of nitrogens with zero attached hydrogens (tertiary/aromatic N) is 2. The predicted molar refractivity (Wildman–Crippen MR) is 44.0 cm³/mol. The molecule has 0 unspecified atom stereocenters. The highest BCUT2D eigenvalue weighted by Crippen LogP contribution is 2.41. The highest BCUT2D eigenvalue weighted by Gasteiger charge is 2.37. The smallest absolute Gasteiger partial charge is 0.365 e. The molecule has 1 aromatic rings. The first-order valence-corrected chi connectivity index (χ1v) is 4.36. The molecule has 0 aromatic carbocycles. The molecule has 1 aromatic heterocycles. The minimum Gasteiger partial charge on any atom is -0.365 e. The number of rotatable bonds is 2. The van der Waals surface area contributed by atoms with E-state index in [0.717, 1.165) is 12.8 Å². The standard InChI is InChI=1S/C8H8F3N3O/c9-8(10,11)14-3-5(7(12)15)6(13-14)4-1-2-4/h3-4H,1-2H2,(H2,12,15). The molecule has 0 atom stereocenters. The molecule has 82 valence electrons. The van der Waals surface area contributed by atoms with E-state index in [9.17, 15) is 18.0 Å². The third-order valence-electron chi connectivity index (χ3n) is 2.23. The molecule has 7 heteroatoms. The number of hydrogen-bond donors (Lipinski definition) is 1. The van der Waals surface area contributed by atoms with Gasteiger partial charge in [0.1, 0.15) is 0 Å². The molecule has 2 N–H and O–H groups in total. The number of aromatic nitrogens is 2. The summed E-state index contributed by atoms with van der Waals surface area (Å²) >= 11 is 0. The molecule has 1 aliphatic rings. The van der Waals surface area contributed by atoms with E-state index in [1.807, 2.05) is 0 Å². The molecule has 15 heavy (non-hydrogen) atoms. The van der Waals surface area contributed by atoms with Crippen molar-refractivity contribution in [1.82, 2.24) is 9.78 Å². The Morgan fingerprint density at radius 3 is 2.53 bits per heavy atom. The van der Waals surface area contributed by atoms with Gasteiger partial charge in [-0.15, -0.1) is 13.2 Å². The molecule has 0 aliphatic heterocycles. The number of carbonyl (C=O) groups excluding carboxylic acids is 1. The van der Waals surface area contributed by atoms with Gasteiger partial charge in [-0.25, -0.2) is 0 Å². The van der Waals surface area contributed by atoms with Crippen molar-refractivity contribution in [3.05, 3.63) is 17.5 Å².